The maximum Gasteiger partial charge on any atom is 0.395 e. The summed E-state index contributed by atoms with van der Waals surface area (Å²) in [6, 6.07) is -0.676. The number of halogens is 3. The number of alkyl halides is 3. The summed E-state index contributed by atoms with van der Waals surface area (Å²) < 4.78 is 36.2. The molecule has 112 valence electrons. The highest BCUT2D eigenvalue weighted by Gasteiger charge is 2.29. The number of urea groups is 1. The molecular formula is C9H11F3N4O3S. The SMILES string of the molecule is O=C(O)CCCNC(=O)Nc1nnc(CC(F)(F)F)s1. The van der Waals surface area contributed by atoms with Crippen LogP contribution in [0.4, 0.5) is 23.1 Å². The second-order valence-electron chi connectivity index (χ2n) is 3.67. The van der Waals surface area contributed by atoms with Gasteiger partial charge >= 0.3 is 18.2 Å². The van der Waals surface area contributed by atoms with E-state index >= 15 is 0 Å². The zero-order valence-electron chi connectivity index (χ0n) is 10.0. The smallest absolute Gasteiger partial charge is 0.395 e. The van der Waals surface area contributed by atoms with Crippen LogP contribution < -0.4 is 10.6 Å². The van der Waals surface area contributed by atoms with Gasteiger partial charge in [0.2, 0.25) is 5.13 Å². The Bertz CT molecular complexity index is 477. The number of aromatic nitrogens is 2. The van der Waals surface area contributed by atoms with Crippen LogP contribution in [0.25, 0.3) is 0 Å². The average Bonchev–Trinajstić information content (AvgIpc) is 2.69. The first-order chi connectivity index (χ1) is 9.26. The third-order valence-electron chi connectivity index (χ3n) is 1.89. The molecule has 0 aliphatic heterocycles. The molecule has 1 rings (SSSR count). The number of carbonyl (C=O) groups excluding carboxylic acids is 1. The van der Waals surface area contributed by atoms with Crippen molar-refractivity contribution in [3.63, 3.8) is 0 Å². The first-order valence-corrected chi connectivity index (χ1v) is 6.23. The maximum atomic E-state index is 12.1. The van der Waals surface area contributed by atoms with E-state index < -0.39 is 24.6 Å². The van der Waals surface area contributed by atoms with Crippen LogP contribution in [0, 0.1) is 0 Å². The molecule has 2 amide bonds. The molecule has 0 bridgehead atoms. The van der Waals surface area contributed by atoms with Crippen molar-refractivity contribution < 1.29 is 27.9 Å². The molecule has 1 aromatic heterocycles. The van der Waals surface area contributed by atoms with Crippen LogP contribution in [0.2, 0.25) is 0 Å². The van der Waals surface area contributed by atoms with Gasteiger partial charge in [0.1, 0.15) is 5.01 Å². The Morgan fingerprint density at radius 3 is 2.60 bits per heavy atom. The number of hydrogen-bond acceptors (Lipinski definition) is 5. The lowest BCUT2D eigenvalue weighted by Gasteiger charge is -2.03. The molecule has 0 radical (unpaired) electrons. The number of aliphatic carboxylic acids is 1. The molecule has 0 saturated heterocycles. The van der Waals surface area contributed by atoms with Gasteiger partial charge < -0.3 is 10.4 Å². The molecule has 0 aliphatic rings. The van der Waals surface area contributed by atoms with E-state index in [2.05, 4.69) is 20.8 Å². The quantitative estimate of drug-likeness (QED) is 0.693. The van der Waals surface area contributed by atoms with Crippen LogP contribution in [0.5, 0.6) is 0 Å². The number of rotatable bonds is 6. The Morgan fingerprint density at radius 2 is 2.00 bits per heavy atom. The summed E-state index contributed by atoms with van der Waals surface area (Å²) in [5.41, 5.74) is 0. The number of amides is 2. The molecule has 0 aromatic carbocycles. The molecule has 0 atom stereocenters. The molecule has 20 heavy (non-hydrogen) atoms. The highest BCUT2D eigenvalue weighted by molar-refractivity contribution is 7.15. The van der Waals surface area contributed by atoms with Gasteiger partial charge in [-0.1, -0.05) is 11.3 Å². The van der Waals surface area contributed by atoms with Crippen molar-refractivity contribution in [2.75, 3.05) is 11.9 Å². The molecule has 1 aromatic rings. The summed E-state index contributed by atoms with van der Waals surface area (Å²) in [5, 5.41) is 19.3. The first kappa shape index (κ1) is 16.1. The molecule has 0 spiro atoms. The third-order valence-corrected chi connectivity index (χ3v) is 2.73. The highest BCUT2D eigenvalue weighted by atomic mass is 32.1. The van der Waals surface area contributed by atoms with Crippen molar-refractivity contribution in [3.8, 4) is 0 Å². The fourth-order valence-electron chi connectivity index (χ4n) is 1.13. The monoisotopic (exact) mass is 312 g/mol. The molecule has 0 saturated carbocycles. The van der Waals surface area contributed by atoms with Gasteiger partial charge in [-0.25, -0.2) is 4.79 Å². The van der Waals surface area contributed by atoms with Crippen LogP contribution in [0.15, 0.2) is 0 Å². The Morgan fingerprint density at radius 1 is 1.30 bits per heavy atom. The van der Waals surface area contributed by atoms with Crippen LogP contribution in [-0.4, -0.2) is 40.0 Å². The fraction of sp³-hybridized carbons (Fsp3) is 0.556. The van der Waals surface area contributed by atoms with E-state index in [0.29, 0.717) is 11.3 Å². The minimum atomic E-state index is -4.38. The minimum absolute atomic E-state index is 0.0556. The van der Waals surface area contributed by atoms with Crippen molar-refractivity contribution in [3.05, 3.63) is 5.01 Å². The second-order valence-corrected chi connectivity index (χ2v) is 4.73. The van der Waals surface area contributed by atoms with Gasteiger partial charge in [-0.05, 0) is 6.42 Å². The summed E-state index contributed by atoms with van der Waals surface area (Å²) in [5.74, 6) is -0.979. The summed E-state index contributed by atoms with van der Waals surface area (Å²) in [7, 11) is 0. The third kappa shape index (κ3) is 6.87. The van der Waals surface area contributed by atoms with Crippen LogP contribution in [0.1, 0.15) is 17.8 Å². The Kier molecular flexibility index (Phi) is 5.67. The van der Waals surface area contributed by atoms with E-state index in [-0.39, 0.29) is 29.5 Å². The second kappa shape index (κ2) is 7.03. The molecular weight excluding hydrogens is 301 g/mol. The largest absolute Gasteiger partial charge is 0.481 e. The summed E-state index contributed by atoms with van der Waals surface area (Å²) >= 11 is 0.624. The average molecular weight is 312 g/mol. The van der Waals surface area contributed by atoms with E-state index in [0.717, 1.165) is 0 Å². The summed E-state index contributed by atoms with van der Waals surface area (Å²) in [4.78, 5) is 21.5. The zero-order valence-corrected chi connectivity index (χ0v) is 10.8. The van der Waals surface area contributed by atoms with E-state index in [4.69, 9.17) is 5.11 Å². The number of hydrogen-bond donors (Lipinski definition) is 3. The van der Waals surface area contributed by atoms with Gasteiger partial charge in [-0.15, -0.1) is 10.2 Å². The Hall–Kier alpha value is -1.91. The maximum absolute atomic E-state index is 12.1. The van der Waals surface area contributed by atoms with Crippen molar-refractivity contribution >= 4 is 28.5 Å². The summed E-state index contributed by atoms with van der Waals surface area (Å²) in [6.45, 7) is 0.131. The van der Waals surface area contributed by atoms with E-state index in [1.807, 2.05) is 0 Å². The van der Waals surface area contributed by atoms with Crippen molar-refractivity contribution in [2.24, 2.45) is 0 Å². The number of nitrogens with one attached hydrogen (secondary N) is 2. The van der Waals surface area contributed by atoms with Crippen molar-refractivity contribution in [2.45, 2.75) is 25.4 Å². The normalized spacial score (nSPS) is 11.2. The van der Waals surface area contributed by atoms with Crippen LogP contribution in [-0.2, 0) is 11.2 Å². The topological polar surface area (TPSA) is 104 Å². The molecule has 0 aliphatic carbocycles. The van der Waals surface area contributed by atoms with Gasteiger partial charge in [0.15, 0.2) is 0 Å². The van der Waals surface area contributed by atoms with Crippen LogP contribution >= 0.6 is 11.3 Å². The lowest BCUT2D eigenvalue weighted by molar-refractivity contribution is -0.137. The molecule has 11 heteroatoms. The molecule has 1 heterocycles. The lowest BCUT2D eigenvalue weighted by atomic mass is 10.3. The van der Waals surface area contributed by atoms with Gasteiger partial charge in [-0.2, -0.15) is 13.2 Å². The van der Waals surface area contributed by atoms with Gasteiger partial charge in [-0.3, -0.25) is 10.1 Å². The number of nitrogens with zero attached hydrogens (tertiary/aromatic N) is 2. The first-order valence-electron chi connectivity index (χ1n) is 5.42. The molecule has 7 nitrogen and oxygen atoms in total. The number of carboxylic acid groups (broad SMARTS) is 1. The number of carboxylic acids is 1. The van der Waals surface area contributed by atoms with Crippen LogP contribution in [0.3, 0.4) is 0 Å². The number of anilines is 1. The van der Waals surface area contributed by atoms with Crippen molar-refractivity contribution in [1.82, 2.24) is 15.5 Å². The number of carbonyl (C=O) groups is 2. The minimum Gasteiger partial charge on any atom is -0.481 e. The standard InChI is InChI=1S/C9H11F3N4O3S/c10-9(11,12)4-5-15-16-8(20-5)14-7(19)13-3-1-2-6(17)18/h1-4H2,(H,17,18)(H2,13,14,16,19). The van der Waals surface area contributed by atoms with Gasteiger partial charge in [0.25, 0.3) is 0 Å². The zero-order chi connectivity index (χ0) is 15.2. The fourth-order valence-corrected chi connectivity index (χ4v) is 1.90. The van der Waals surface area contributed by atoms with E-state index in [1.165, 1.54) is 0 Å². The highest BCUT2D eigenvalue weighted by Crippen LogP contribution is 2.24. The molecule has 3 N–H and O–H groups in total. The predicted molar refractivity (Wildman–Crippen MR) is 63.6 cm³/mol. The lowest BCUT2D eigenvalue weighted by Crippen LogP contribution is -2.29. The van der Waals surface area contributed by atoms with E-state index in [9.17, 15) is 22.8 Å². The Balaban J connectivity index is 2.33. The Labute approximate surface area is 115 Å². The molecule has 0 unspecified atom stereocenters. The summed E-state index contributed by atoms with van der Waals surface area (Å²) in [6.07, 6.45) is -5.42. The van der Waals surface area contributed by atoms with Gasteiger partial charge in [0.05, 0.1) is 6.42 Å². The van der Waals surface area contributed by atoms with E-state index in [1.54, 1.807) is 0 Å². The predicted octanol–water partition coefficient (Wildman–Crippen LogP) is 1.63. The van der Waals surface area contributed by atoms with Crippen molar-refractivity contribution in [1.29, 1.82) is 0 Å². The molecule has 0 fully saturated rings. The van der Waals surface area contributed by atoms with Gasteiger partial charge in [0, 0.05) is 13.0 Å².